The summed E-state index contributed by atoms with van der Waals surface area (Å²) in [6, 6.07) is 12.2. The van der Waals surface area contributed by atoms with Crippen LogP contribution in [0.4, 0.5) is 5.69 Å². The SMILES string of the molecule is O=C(N[C@H]1CN2CCC1CC2)c1ccc(-c2cccc(N3CCOCC3)c2)o1. The Morgan fingerprint density at radius 2 is 1.86 bits per heavy atom. The molecule has 148 valence electrons. The fourth-order valence-electron chi connectivity index (χ4n) is 4.66. The molecule has 0 radical (unpaired) electrons. The highest BCUT2D eigenvalue weighted by Crippen LogP contribution is 2.29. The molecule has 1 aromatic carbocycles. The highest BCUT2D eigenvalue weighted by Gasteiger charge is 2.35. The first-order valence-corrected chi connectivity index (χ1v) is 10.3. The van der Waals surface area contributed by atoms with Gasteiger partial charge in [0, 0.05) is 36.9 Å². The van der Waals surface area contributed by atoms with Gasteiger partial charge in [0.05, 0.1) is 13.2 Å². The average Bonchev–Trinajstić information content (AvgIpc) is 3.26. The van der Waals surface area contributed by atoms with Crippen molar-refractivity contribution in [3.05, 3.63) is 42.2 Å². The van der Waals surface area contributed by atoms with Crippen molar-refractivity contribution in [3.63, 3.8) is 0 Å². The summed E-state index contributed by atoms with van der Waals surface area (Å²) in [6.45, 7) is 6.61. The molecule has 0 aliphatic carbocycles. The Balaban J connectivity index is 1.28. The highest BCUT2D eigenvalue weighted by atomic mass is 16.5. The fraction of sp³-hybridized carbons (Fsp3) is 0.500. The van der Waals surface area contributed by atoms with E-state index in [1.54, 1.807) is 6.07 Å². The number of carbonyl (C=O) groups excluding carboxylic acids is 1. The summed E-state index contributed by atoms with van der Waals surface area (Å²) in [6.07, 6.45) is 2.37. The lowest BCUT2D eigenvalue weighted by molar-refractivity contribution is 0.0606. The van der Waals surface area contributed by atoms with Crippen LogP contribution in [0.2, 0.25) is 0 Å². The maximum atomic E-state index is 12.7. The van der Waals surface area contributed by atoms with E-state index >= 15 is 0 Å². The van der Waals surface area contributed by atoms with Crippen LogP contribution in [0.15, 0.2) is 40.8 Å². The molecule has 0 saturated carbocycles. The van der Waals surface area contributed by atoms with Crippen LogP contribution in [-0.4, -0.2) is 62.8 Å². The van der Waals surface area contributed by atoms with Crippen LogP contribution in [0.5, 0.6) is 0 Å². The van der Waals surface area contributed by atoms with Crippen molar-refractivity contribution >= 4 is 11.6 Å². The summed E-state index contributed by atoms with van der Waals surface area (Å²) in [5.41, 5.74) is 2.15. The van der Waals surface area contributed by atoms with Crippen molar-refractivity contribution in [2.24, 2.45) is 5.92 Å². The van der Waals surface area contributed by atoms with Gasteiger partial charge in [-0.05, 0) is 56.1 Å². The summed E-state index contributed by atoms with van der Waals surface area (Å²) in [5.74, 6) is 1.63. The number of carbonyl (C=O) groups is 1. The first-order valence-electron chi connectivity index (χ1n) is 10.3. The van der Waals surface area contributed by atoms with Gasteiger partial charge in [0.2, 0.25) is 0 Å². The van der Waals surface area contributed by atoms with Gasteiger partial charge in [-0.3, -0.25) is 4.79 Å². The molecular weight excluding hydrogens is 354 g/mol. The molecule has 1 amide bonds. The molecule has 6 rings (SSSR count). The van der Waals surface area contributed by atoms with Crippen molar-refractivity contribution in [3.8, 4) is 11.3 Å². The average molecular weight is 381 g/mol. The van der Waals surface area contributed by atoms with Gasteiger partial charge in [0.1, 0.15) is 5.76 Å². The maximum absolute atomic E-state index is 12.7. The lowest BCUT2D eigenvalue weighted by Crippen LogP contribution is -2.57. The zero-order valence-corrected chi connectivity index (χ0v) is 16.1. The van der Waals surface area contributed by atoms with Crippen LogP contribution >= 0.6 is 0 Å². The molecule has 1 N–H and O–H groups in total. The number of fused-ring (bicyclic) bond motifs is 3. The summed E-state index contributed by atoms with van der Waals surface area (Å²) in [5, 5.41) is 3.20. The Labute approximate surface area is 165 Å². The standard InChI is InChI=1S/C22H27N3O3/c26-22(23-19-15-24-8-6-16(19)7-9-24)21-5-4-20(28-21)17-2-1-3-18(14-17)25-10-12-27-13-11-25/h1-5,14,16,19H,6-13,15H2,(H,23,26)/t19-/m0/s1. The molecule has 6 nitrogen and oxygen atoms in total. The summed E-state index contributed by atoms with van der Waals surface area (Å²) in [4.78, 5) is 17.5. The van der Waals surface area contributed by atoms with E-state index < -0.39 is 0 Å². The summed E-state index contributed by atoms with van der Waals surface area (Å²) >= 11 is 0. The monoisotopic (exact) mass is 381 g/mol. The van der Waals surface area contributed by atoms with Gasteiger partial charge in [-0.1, -0.05) is 12.1 Å². The van der Waals surface area contributed by atoms with Gasteiger partial charge in [-0.15, -0.1) is 0 Å². The quantitative estimate of drug-likeness (QED) is 0.882. The molecule has 2 bridgehead atoms. The largest absolute Gasteiger partial charge is 0.451 e. The molecular formula is C22H27N3O3. The number of piperidine rings is 3. The lowest BCUT2D eigenvalue weighted by atomic mass is 9.84. The van der Waals surface area contributed by atoms with Gasteiger partial charge < -0.3 is 24.3 Å². The van der Waals surface area contributed by atoms with Crippen LogP contribution < -0.4 is 10.2 Å². The molecule has 4 saturated heterocycles. The molecule has 6 heteroatoms. The summed E-state index contributed by atoms with van der Waals surface area (Å²) < 4.78 is 11.4. The van der Waals surface area contributed by atoms with E-state index in [0.717, 1.165) is 49.9 Å². The number of ether oxygens (including phenoxy) is 1. The highest BCUT2D eigenvalue weighted by molar-refractivity contribution is 5.92. The number of benzene rings is 1. The molecule has 28 heavy (non-hydrogen) atoms. The van der Waals surface area contributed by atoms with Gasteiger partial charge in [0.15, 0.2) is 5.76 Å². The second-order valence-electron chi connectivity index (χ2n) is 8.03. The topological polar surface area (TPSA) is 58.0 Å². The van der Waals surface area contributed by atoms with E-state index in [-0.39, 0.29) is 11.9 Å². The minimum Gasteiger partial charge on any atom is -0.451 e. The molecule has 0 spiro atoms. The number of furan rings is 1. The molecule has 4 fully saturated rings. The van der Waals surface area contributed by atoms with E-state index in [4.69, 9.17) is 9.15 Å². The first-order chi connectivity index (χ1) is 13.8. The normalized spacial score (nSPS) is 27.0. The van der Waals surface area contributed by atoms with Crippen LogP contribution in [0.1, 0.15) is 23.4 Å². The number of amides is 1. The molecule has 5 heterocycles. The third-order valence-corrected chi connectivity index (χ3v) is 6.31. The van der Waals surface area contributed by atoms with Crippen molar-refractivity contribution in [2.75, 3.05) is 50.8 Å². The molecule has 2 aromatic rings. The Kier molecular flexibility index (Phi) is 4.82. The van der Waals surface area contributed by atoms with Gasteiger partial charge >= 0.3 is 0 Å². The minimum atomic E-state index is -0.102. The molecule has 0 unspecified atom stereocenters. The van der Waals surface area contributed by atoms with E-state index in [1.807, 2.05) is 18.2 Å². The maximum Gasteiger partial charge on any atom is 0.287 e. The minimum absolute atomic E-state index is 0.102. The zero-order valence-electron chi connectivity index (χ0n) is 16.1. The van der Waals surface area contributed by atoms with Crippen LogP contribution in [0.25, 0.3) is 11.3 Å². The number of hydrogen-bond donors (Lipinski definition) is 1. The fourth-order valence-corrected chi connectivity index (χ4v) is 4.66. The third kappa shape index (κ3) is 3.54. The predicted octanol–water partition coefficient (Wildman–Crippen LogP) is 2.61. The number of nitrogens with zero attached hydrogens (tertiary/aromatic N) is 2. The Morgan fingerprint density at radius 3 is 2.61 bits per heavy atom. The smallest absolute Gasteiger partial charge is 0.287 e. The lowest BCUT2D eigenvalue weighted by Gasteiger charge is -2.44. The molecule has 1 atom stereocenters. The van der Waals surface area contributed by atoms with Gasteiger partial charge in [-0.2, -0.15) is 0 Å². The molecule has 4 aliphatic rings. The second kappa shape index (κ2) is 7.60. The van der Waals surface area contributed by atoms with Crippen molar-refractivity contribution in [2.45, 2.75) is 18.9 Å². The Bertz CT molecular complexity index is 835. The number of morpholine rings is 1. The summed E-state index contributed by atoms with van der Waals surface area (Å²) in [7, 11) is 0. The van der Waals surface area contributed by atoms with Crippen molar-refractivity contribution in [1.29, 1.82) is 0 Å². The predicted molar refractivity (Wildman–Crippen MR) is 108 cm³/mol. The van der Waals surface area contributed by atoms with Crippen LogP contribution in [-0.2, 0) is 4.74 Å². The van der Waals surface area contributed by atoms with Gasteiger partial charge in [-0.25, -0.2) is 0 Å². The van der Waals surface area contributed by atoms with Crippen LogP contribution in [0.3, 0.4) is 0 Å². The number of nitrogens with one attached hydrogen (secondary N) is 1. The molecule has 1 aromatic heterocycles. The van der Waals surface area contributed by atoms with E-state index in [0.29, 0.717) is 11.7 Å². The number of anilines is 1. The van der Waals surface area contributed by atoms with E-state index in [1.165, 1.54) is 25.9 Å². The Hall–Kier alpha value is -2.31. The van der Waals surface area contributed by atoms with E-state index in [9.17, 15) is 4.79 Å². The first kappa shape index (κ1) is 17.8. The van der Waals surface area contributed by atoms with Crippen LogP contribution in [0, 0.1) is 5.92 Å². The second-order valence-corrected chi connectivity index (χ2v) is 8.03. The Morgan fingerprint density at radius 1 is 1.04 bits per heavy atom. The van der Waals surface area contributed by atoms with E-state index in [2.05, 4.69) is 27.2 Å². The number of rotatable bonds is 4. The third-order valence-electron chi connectivity index (χ3n) is 6.31. The molecule has 4 aliphatic heterocycles. The number of hydrogen-bond acceptors (Lipinski definition) is 5. The van der Waals surface area contributed by atoms with Crippen molar-refractivity contribution < 1.29 is 13.9 Å². The zero-order chi connectivity index (χ0) is 18.9. The van der Waals surface area contributed by atoms with Gasteiger partial charge in [0.25, 0.3) is 5.91 Å². The van der Waals surface area contributed by atoms with Crippen molar-refractivity contribution in [1.82, 2.24) is 10.2 Å².